The second-order valence-electron chi connectivity index (χ2n) is 5.42. The van der Waals surface area contributed by atoms with Gasteiger partial charge in [0.25, 0.3) is 0 Å². The highest BCUT2D eigenvalue weighted by Crippen LogP contribution is 2.31. The van der Waals surface area contributed by atoms with Crippen LogP contribution in [0.3, 0.4) is 0 Å². The molecule has 2 aromatic carbocycles. The molecule has 0 saturated heterocycles. The van der Waals surface area contributed by atoms with E-state index in [0.29, 0.717) is 27.6 Å². The van der Waals surface area contributed by atoms with Gasteiger partial charge >= 0.3 is 5.97 Å². The molecule has 0 aliphatic heterocycles. The van der Waals surface area contributed by atoms with Crippen molar-refractivity contribution in [2.45, 2.75) is 20.0 Å². The van der Waals surface area contributed by atoms with E-state index >= 15 is 0 Å². The molecule has 0 atom stereocenters. The van der Waals surface area contributed by atoms with E-state index in [0.717, 1.165) is 0 Å². The van der Waals surface area contributed by atoms with Gasteiger partial charge in [-0.25, -0.2) is 4.79 Å². The highest BCUT2D eigenvalue weighted by atomic mass is 35.5. The number of para-hydroxylation sites is 1. The van der Waals surface area contributed by atoms with Crippen molar-refractivity contribution in [2.75, 3.05) is 7.11 Å². The summed E-state index contributed by atoms with van der Waals surface area (Å²) in [5, 5.41) is 10.0. The third-order valence-electron chi connectivity index (χ3n) is 3.26. The summed E-state index contributed by atoms with van der Waals surface area (Å²) in [5.74, 6) is 0.0214. The van der Waals surface area contributed by atoms with Crippen LogP contribution in [0.5, 0.6) is 11.5 Å². The molecule has 2 aromatic rings. The van der Waals surface area contributed by atoms with Gasteiger partial charge in [-0.15, -0.1) is 0 Å². The topological polar surface area (TPSA) is 55.8 Å². The van der Waals surface area contributed by atoms with Crippen molar-refractivity contribution in [3.8, 4) is 11.5 Å². The minimum absolute atomic E-state index is 0.00653. The smallest absolute Gasteiger partial charge is 0.336 e. The van der Waals surface area contributed by atoms with Crippen LogP contribution in [0, 0.1) is 0 Å². The summed E-state index contributed by atoms with van der Waals surface area (Å²) in [6, 6.07) is 12.2. The number of halogens is 1. The van der Waals surface area contributed by atoms with E-state index in [-0.39, 0.29) is 11.7 Å². The maximum atomic E-state index is 11.7. The first kappa shape index (κ1) is 17.9. The van der Waals surface area contributed by atoms with E-state index in [4.69, 9.17) is 21.1 Å². The zero-order valence-electron chi connectivity index (χ0n) is 13.7. The molecule has 24 heavy (non-hydrogen) atoms. The summed E-state index contributed by atoms with van der Waals surface area (Å²) in [5.41, 5.74) is 1.30. The fourth-order valence-electron chi connectivity index (χ4n) is 2.24. The Labute approximate surface area is 146 Å². The minimum atomic E-state index is -1.04. The SMILES string of the molecule is COc1ccccc1/C(=C/c1ccc(OC(C)C)c(Cl)c1)C(=O)O. The Morgan fingerprint density at radius 2 is 1.88 bits per heavy atom. The molecule has 0 unspecified atom stereocenters. The first-order chi connectivity index (χ1) is 11.4. The van der Waals surface area contributed by atoms with Gasteiger partial charge in [0.15, 0.2) is 0 Å². The molecule has 0 amide bonds. The fraction of sp³-hybridized carbons (Fsp3) is 0.211. The number of hydrogen-bond donors (Lipinski definition) is 1. The predicted molar refractivity (Wildman–Crippen MR) is 95.7 cm³/mol. The lowest BCUT2D eigenvalue weighted by molar-refractivity contribution is -0.130. The number of carbonyl (C=O) groups is 1. The third-order valence-corrected chi connectivity index (χ3v) is 3.55. The maximum Gasteiger partial charge on any atom is 0.336 e. The average Bonchev–Trinajstić information content (AvgIpc) is 2.54. The predicted octanol–water partition coefficient (Wildman–Crippen LogP) is 4.76. The third kappa shape index (κ3) is 4.30. The van der Waals surface area contributed by atoms with Crippen molar-refractivity contribution in [3.63, 3.8) is 0 Å². The molecule has 4 nitrogen and oxygen atoms in total. The monoisotopic (exact) mass is 346 g/mol. The summed E-state index contributed by atoms with van der Waals surface area (Å²) in [6.45, 7) is 3.82. The van der Waals surface area contributed by atoms with Gasteiger partial charge in [0.2, 0.25) is 0 Å². The molecule has 0 spiro atoms. The van der Waals surface area contributed by atoms with E-state index in [1.165, 1.54) is 7.11 Å². The number of hydrogen-bond acceptors (Lipinski definition) is 3. The normalized spacial score (nSPS) is 11.5. The van der Waals surface area contributed by atoms with Crippen LogP contribution in [-0.4, -0.2) is 24.3 Å². The van der Waals surface area contributed by atoms with E-state index in [9.17, 15) is 9.90 Å². The first-order valence-electron chi connectivity index (χ1n) is 7.47. The Bertz CT molecular complexity index is 766. The van der Waals surface area contributed by atoms with Gasteiger partial charge in [-0.3, -0.25) is 0 Å². The molecule has 5 heteroatoms. The van der Waals surface area contributed by atoms with Crippen LogP contribution in [0.4, 0.5) is 0 Å². The summed E-state index contributed by atoms with van der Waals surface area (Å²) < 4.78 is 10.8. The molecule has 0 fully saturated rings. The Hall–Kier alpha value is -2.46. The lowest BCUT2D eigenvalue weighted by atomic mass is 10.0. The number of carboxylic acid groups (broad SMARTS) is 1. The molecule has 126 valence electrons. The van der Waals surface area contributed by atoms with Crippen LogP contribution >= 0.6 is 11.6 Å². The van der Waals surface area contributed by atoms with Gasteiger partial charge in [-0.1, -0.05) is 35.9 Å². The number of aliphatic carboxylic acids is 1. The average molecular weight is 347 g/mol. The molecule has 2 rings (SSSR count). The van der Waals surface area contributed by atoms with Gasteiger partial charge < -0.3 is 14.6 Å². The summed E-state index contributed by atoms with van der Waals surface area (Å²) in [7, 11) is 1.51. The molecule has 0 aromatic heterocycles. The van der Waals surface area contributed by atoms with E-state index in [1.807, 2.05) is 13.8 Å². The van der Waals surface area contributed by atoms with Crippen LogP contribution in [-0.2, 0) is 4.79 Å². The second kappa shape index (κ2) is 7.88. The van der Waals surface area contributed by atoms with Crippen molar-refractivity contribution in [1.29, 1.82) is 0 Å². The van der Waals surface area contributed by atoms with E-state index < -0.39 is 5.97 Å². The summed E-state index contributed by atoms with van der Waals surface area (Å²) >= 11 is 6.21. The molecule has 0 saturated carbocycles. The molecule has 0 radical (unpaired) electrons. The van der Waals surface area contributed by atoms with Crippen molar-refractivity contribution < 1.29 is 19.4 Å². The van der Waals surface area contributed by atoms with Crippen LogP contribution in [0.1, 0.15) is 25.0 Å². The fourth-order valence-corrected chi connectivity index (χ4v) is 2.48. The summed E-state index contributed by atoms with van der Waals surface area (Å²) in [6.07, 6.45) is 1.57. The molecule has 0 bridgehead atoms. The van der Waals surface area contributed by atoms with Gasteiger partial charge in [0.05, 0.1) is 23.8 Å². The summed E-state index contributed by atoms with van der Waals surface area (Å²) in [4.78, 5) is 11.7. The molecule has 0 aliphatic rings. The maximum absolute atomic E-state index is 11.7. The Morgan fingerprint density at radius 3 is 2.46 bits per heavy atom. The molecule has 1 N–H and O–H groups in total. The molecule has 0 aliphatic carbocycles. The van der Waals surface area contributed by atoms with Gasteiger partial charge in [0.1, 0.15) is 11.5 Å². The van der Waals surface area contributed by atoms with Crippen LogP contribution in [0.25, 0.3) is 11.6 Å². The number of benzene rings is 2. The van der Waals surface area contributed by atoms with Crippen LogP contribution in [0.2, 0.25) is 5.02 Å². The molecular formula is C19H19ClO4. The Balaban J connectivity index is 2.45. The standard InChI is InChI=1S/C19H19ClO4/c1-12(2)24-18-9-8-13(11-16(18)20)10-15(19(21)22)14-6-4-5-7-17(14)23-3/h4-12H,1-3H3,(H,21,22)/b15-10-. The van der Waals surface area contributed by atoms with Crippen LogP contribution in [0.15, 0.2) is 42.5 Å². The number of rotatable bonds is 6. The first-order valence-corrected chi connectivity index (χ1v) is 7.84. The number of ether oxygens (including phenoxy) is 2. The lowest BCUT2D eigenvalue weighted by Gasteiger charge is -2.12. The number of carboxylic acids is 1. The van der Waals surface area contributed by atoms with Gasteiger partial charge in [-0.2, -0.15) is 0 Å². The second-order valence-corrected chi connectivity index (χ2v) is 5.83. The minimum Gasteiger partial charge on any atom is -0.496 e. The zero-order chi connectivity index (χ0) is 17.7. The zero-order valence-corrected chi connectivity index (χ0v) is 14.5. The highest BCUT2D eigenvalue weighted by molar-refractivity contribution is 6.32. The van der Waals surface area contributed by atoms with Gasteiger partial charge in [-0.05, 0) is 43.7 Å². The van der Waals surface area contributed by atoms with Crippen molar-refractivity contribution in [3.05, 3.63) is 58.6 Å². The lowest BCUT2D eigenvalue weighted by Crippen LogP contribution is -2.06. The van der Waals surface area contributed by atoms with Gasteiger partial charge in [0, 0.05) is 5.56 Å². The van der Waals surface area contributed by atoms with Crippen LogP contribution < -0.4 is 9.47 Å². The van der Waals surface area contributed by atoms with Crippen molar-refractivity contribution in [1.82, 2.24) is 0 Å². The quantitative estimate of drug-likeness (QED) is 0.605. The number of methoxy groups -OCH3 is 1. The van der Waals surface area contributed by atoms with Crippen molar-refractivity contribution in [2.24, 2.45) is 0 Å². The molecular weight excluding hydrogens is 328 g/mol. The van der Waals surface area contributed by atoms with E-state index in [2.05, 4.69) is 0 Å². The Morgan fingerprint density at radius 1 is 1.17 bits per heavy atom. The largest absolute Gasteiger partial charge is 0.496 e. The highest BCUT2D eigenvalue weighted by Gasteiger charge is 2.15. The Kier molecular flexibility index (Phi) is 5.88. The van der Waals surface area contributed by atoms with Crippen molar-refractivity contribution >= 4 is 29.2 Å². The molecule has 0 heterocycles. The van der Waals surface area contributed by atoms with E-state index in [1.54, 1.807) is 48.5 Å².